The van der Waals surface area contributed by atoms with E-state index >= 15 is 0 Å². The zero-order valence-corrected chi connectivity index (χ0v) is 10.4. The Morgan fingerprint density at radius 1 is 1.35 bits per heavy atom. The Morgan fingerprint density at radius 3 is 2.70 bits per heavy atom. The van der Waals surface area contributed by atoms with Gasteiger partial charge in [0.05, 0.1) is 11.3 Å². The van der Waals surface area contributed by atoms with E-state index in [4.69, 9.17) is 15.6 Å². The first-order valence-corrected chi connectivity index (χ1v) is 6.03. The third-order valence-corrected chi connectivity index (χ3v) is 3.22. The van der Waals surface area contributed by atoms with Crippen molar-refractivity contribution >= 4 is 11.9 Å². The number of rotatable bonds is 2. The molecule has 0 fully saturated rings. The number of carboxylic acid groups (broad SMARTS) is 1. The smallest absolute Gasteiger partial charge is 0.335 e. The highest BCUT2D eigenvalue weighted by atomic mass is 16.5. The normalized spacial score (nSPS) is 20.9. The van der Waals surface area contributed by atoms with Crippen molar-refractivity contribution in [2.75, 3.05) is 0 Å². The van der Waals surface area contributed by atoms with E-state index in [9.17, 15) is 9.90 Å². The van der Waals surface area contributed by atoms with Crippen LogP contribution in [0.2, 0.25) is 0 Å². The van der Waals surface area contributed by atoms with Crippen molar-refractivity contribution in [3.63, 3.8) is 0 Å². The number of hydrogen-bond acceptors (Lipinski definition) is 5. The summed E-state index contributed by atoms with van der Waals surface area (Å²) in [5.74, 6) is -0.0206. The summed E-state index contributed by atoms with van der Waals surface area (Å²) in [4.78, 5) is 15.2. The molecule has 1 aromatic carbocycles. The van der Waals surface area contributed by atoms with E-state index in [0.717, 1.165) is 0 Å². The van der Waals surface area contributed by atoms with Gasteiger partial charge in [-0.3, -0.25) is 0 Å². The van der Waals surface area contributed by atoms with Gasteiger partial charge in [0.1, 0.15) is 17.6 Å². The van der Waals surface area contributed by atoms with Gasteiger partial charge < -0.3 is 20.7 Å². The van der Waals surface area contributed by atoms with E-state index in [1.807, 2.05) is 0 Å². The second kappa shape index (κ2) is 4.41. The molecule has 4 N–H and O–H groups in total. The van der Waals surface area contributed by atoms with Crippen LogP contribution in [0.1, 0.15) is 22.3 Å². The van der Waals surface area contributed by atoms with Gasteiger partial charge in [0.25, 0.3) is 0 Å². The molecule has 20 heavy (non-hydrogen) atoms. The first-order valence-electron chi connectivity index (χ1n) is 6.03. The summed E-state index contributed by atoms with van der Waals surface area (Å²) in [6.45, 7) is 0. The summed E-state index contributed by atoms with van der Waals surface area (Å²) in [7, 11) is 0. The van der Waals surface area contributed by atoms with E-state index in [-0.39, 0.29) is 17.4 Å². The molecular weight excluding hydrogens is 260 g/mol. The van der Waals surface area contributed by atoms with E-state index in [1.165, 1.54) is 18.2 Å². The number of ether oxygens (including phenoxy) is 1. The maximum absolute atomic E-state index is 10.8. The molecule has 1 unspecified atom stereocenters. The summed E-state index contributed by atoms with van der Waals surface area (Å²) < 4.78 is 5.58. The zero-order chi connectivity index (χ0) is 14.3. The molecule has 3 rings (SSSR count). The number of aliphatic imine (C=N–C) groups is 1. The number of fused-ring (bicyclic) bond motifs is 1. The van der Waals surface area contributed by atoms with Gasteiger partial charge in [-0.25, -0.2) is 9.79 Å². The topological polar surface area (TPSA) is 105 Å². The molecule has 1 aliphatic carbocycles. The van der Waals surface area contributed by atoms with Crippen LogP contribution < -0.4 is 5.73 Å². The predicted molar refractivity (Wildman–Crippen MR) is 71.4 cm³/mol. The molecule has 1 aliphatic heterocycles. The second-order valence-corrected chi connectivity index (χ2v) is 4.60. The summed E-state index contributed by atoms with van der Waals surface area (Å²) in [5.41, 5.74) is 6.93. The van der Waals surface area contributed by atoms with Gasteiger partial charge in [-0.1, -0.05) is 0 Å². The average Bonchev–Trinajstić information content (AvgIpc) is 2.82. The van der Waals surface area contributed by atoms with E-state index in [1.54, 1.807) is 12.1 Å². The van der Waals surface area contributed by atoms with Crippen LogP contribution in [0, 0.1) is 0 Å². The number of benzene rings is 1. The number of aliphatic hydroxyl groups excluding tert-OH is 1. The van der Waals surface area contributed by atoms with E-state index < -0.39 is 5.97 Å². The van der Waals surface area contributed by atoms with Crippen molar-refractivity contribution in [2.45, 2.75) is 12.5 Å². The second-order valence-electron chi connectivity index (χ2n) is 4.60. The highest BCUT2D eigenvalue weighted by Crippen LogP contribution is 2.30. The van der Waals surface area contributed by atoms with Crippen molar-refractivity contribution < 1.29 is 19.7 Å². The molecule has 6 heteroatoms. The van der Waals surface area contributed by atoms with Crippen LogP contribution in [-0.2, 0) is 4.74 Å². The number of aromatic carboxylic acids is 1. The Balaban J connectivity index is 1.86. The molecule has 1 atom stereocenters. The number of hydrogen-bond donors (Lipinski definition) is 3. The van der Waals surface area contributed by atoms with Crippen LogP contribution in [0.15, 0.2) is 52.5 Å². The quantitative estimate of drug-likeness (QED) is 0.757. The Hall–Kier alpha value is -2.76. The van der Waals surface area contributed by atoms with Crippen molar-refractivity contribution in [1.29, 1.82) is 0 Å². The Bertz CT molecular complexity index is 671. The van der Waals surface area contributed by atoms with Crippen LogP contribution >= 0.6 is 0 Å². The van der Waals surface area contributed by atoms with Gasteiger partial charge in [0.15, 0.2) is 0 Å². The standard InChI is InChI=1S/C14H12N2O4/c15-9-5-10-12(6-11(9)17)20-13(16-10)7-1-3-8(4-2-7)14(18)19/h1-4,6,10,17H,5,15H2,(H,18,19). The molecule has 0 amide bonds. The molecule has 1 aromatic rings. The van der Waals surface area contributed by atoms with E-state index in [2.05, 4.69) is 4.99 Å². The number of carbonyl (C=O) groups is 1. The maximum Gasteiger partial charge on any atom is 0.335 e. The first kappa shape index (κ1) is 12.3. The molecule has 0 saturated heterocycles. The minimum absolute atomic E-state index is 0.00826. The van der Waals surface area contributed by atoms with Gasteiger partial charge in [-0.05, 0) is 24.3 Å². The average molecular weight is 272 g/mol. The maximum atomic E-state index is 10.8. The molecule has 2 aliphatic rings. The van der Waals surface area contributed by atoms with Gasteiger partial charge in [-0.15, -0.1) is 0 Å². The number of nitrogens with zero attached hydrogens (tertiary/aromatic N) is 1. The number of aliphatic hydroxyl groups is 1. The number of allylic oxidation sites excluding steroid dienone is 1. The van der Waals surface area contributed by atoms with Crippen LogP contribution in [0.3, 0.4) is 0 Å². The molecule has 0 aromatic heterocycles. The lowest BCUT2D eigenvalue weighted by Crippen LogP contribution is -2.16. The van der Waals surface area contributed by atoms with Crippen molar-refractivity contribution in [3.05, 3.63) is 58.7 Å². The third-order valence-electron chi connectivity index (χ3n) is 3.22. The van der Waals surface area contributed by atoms with E-state index in [0.29, 0.717) is 29.3 Å². The number of nitrogens with two attached hydrogens (primary N) is 1. The molecule has 0 saturated carbocycles. The van der Waals surface area contributed by atoms with Crippen LogP contribution in [0.25, 0.3) is 0 Å². The van der Waals surface area contributed by atoms with Crippen molar-refractivity contribution in [2.24, 2.45) is 10.7 Å². The summed E-state index contributed by atoms with van der Waals surface area (Å²) in [5, 5.41) is 18.4. The van der Waals surface area contributed by atoms with Crippen LogP contribution in [0.4, 0.5) is 0 Å². The van der Waals surface area contributed by atoms with Crippen LogP contribution in [0.5, 0.6) is 0 Å². The lowest BCUT2D eigenvalue weighted by Gasteiger charge is -2.14. The highest BCUT2D eigenvalue weighted by Gasteiger charge is 2.30. The lowest BCUT2D eigenvalue weighted by molar-refractivity contribution is 0.0697. The molecule has 6 nitrogen and oxygen atoms in total. The zero-order valence-electron chi connectivity index (χ0n) is 10.4. The largest absolute Gasteiger partial charge is 0.506 e. The van der Waals surface area contributed by atoms with Gasteiger partial charge in [-0.2, -0.15) is 0 Å². The monoisotopic (exact) mass is 272 g/mol. The molecule has 0 spiro atoms. The molecule has 0 bridgehead atoms. The Morgan fingerprint density at radius 2 is 2.05 bits per heavy atom. The molecule has 0 radical (unpaired) electrons. The van der Waals surface area contributed by atoms with Gasteiger partial charge >= 0.3 is 5.97 Å². The van der Waals surface area contributed by atoms with Crippen LogP contribution in [-0.4, -0.2) is 28.1 Å². The highest BCUT2D eigenvalue weighted by molar-refractivity contribution is 5.97. The van der Waals surface area contributed by atoms with Crippen molar-refractivity contribution in [3.8, 4) is 0 Å². The first-order chi connectivity index (χ1) is 9.54. The fourth-order valence-corrected chi connectivity index (χ4v) is 2.11. The molecular formula is C14H12N2O4. The Labute approximate surface area is 114 Å². The lowest BCUT2D eigenvalue weighted by atomic mass is 10.0. The summed E-state index contributed by atoms with van der Waals surface area (Å²) in [6, 6.07) is 6.03. The summed E-state index contributed by atoms with van der Waals surface area (Å²) >= 11 is 0. The number of carboxylic acids is 1. The third kappa shape index (κ3) is 2.01. The fourth-order valence-electron chi connectivity index (χ4n) is 2.11. The van der Waals surface area contributed by atoms with Crippen molar-refractivity contribution in [1.82, 2.24) is 0 Å². The Kier molecular flexibility index (Phi) is 2.71. The van der Waals surface area contributed by atoms with Gasteiger partial charge in [0, 0.05) is 18.1 Å². The fraction of sp³-hybridized carbons (Fsp3) is 0.143. The molecule has 102 valence electrons. The molecule has 1 heterocycles. The predicted octanol–water partition coefficient (Wildman–Crippen LogP) is 1.55. The van der Waals surface area contributed by atoms with Gasteiger partial charge in [0.2, 0.25) is 5.90 Å². The summed E-state index contributed by atoms with van der Waals surface area (Å²) in [6.07, 6.45) is 1.87. The SMILES string of the molecule is NC1=C(O)C=C2OC(c3ccc(C(=O)O)cc3)=NC2C1. The minimum Gasteiger partial charge on any atom is -0.506 e. The minimum atomic E-state index is -0.982.